The van der Waals surface area contributed by atoms with E-state index in [-0.39, 0.29) is 25.1 Å². The van der Waals surface area contributed by atoms with Crippen molar-refractivity contribution in [1.29, 1.82) is 0 Å². The molecule has 0 saturated carbocycles. The summed E-state index contributed by atoms with van der Waals surface area (Å²) in [5.41, 5.74) is 2.37. The number of hydrogen-bond acceptors (Lipinski definition) is 2. The second-order valence-corrected chi connectivity index (χ2v) is 5.47. The van der Waals surface area contributed by atoms with E-state index < -0.39 is 0 Å². The van der Waals surface area contributed by atoms with Crippen LogP contribution in [0.4, 0.5) is 4.39 Å². The first kappa shape index (κ1) is 16.2. The van der Waals surface area contributed by atoms with Crippen molar-refractivity contribution < 1.29 is 4.39 Å². The Morgan fingerprint density at radius 3 is 2.43 bits per heavy atom. The predicted octanol–water partition coefficient (Wildman–Crippen LogP) is 3.49. The van der Waals surface area contributed by atoms with Gasteiger partial charge in [-0.25, -0.2) is 4.39 Å². The highest BCUT2D eigenvalue weighted by atomic mass is 35.5. The molecule has 3 rings (SSSR count). The Labute approximate surface area is 131 Å². The molecule has 1 aliphatic heterocycles. The Balaban J connectivity index is 0.00000161. The van der Waals surface area contributed by atoms with Gasteiger partial charge in [0.15, 0.2) is 0 Å². The van der Waals surface area contributed by atoms with Gasteiger partial charge in [-0.2, -0.15) is 0 Å². The third-order valence-electron chi connectivity index (χ3n) is 4.27. The van der Waals surface area contributed by atoms with Gasteiger partial charge in [-0.3, -0.25) is 4.90 Å². The fraction of sp³-hybridized carbons (Fsp3) is 0.412. The van der Waals surface area contributed by atoms with Crippen molar-refractivity contribution >= 4 is 23.2 Å². The average molecular weight is 309 g/mol. The monoisotopic (exact) mass is 308 g/mol. The van der Waals surface area contributed by atoms with Gasteiger partial charge in [-0.05, 0) is 28.8 Å². The number of fused-ring (bicyclic) bond motifs is 1. The summed E-state index contributed by atoms with van der Waals surface area (Å²) in [6, 6.07) is 12.4. The maximum Gasteiger partial charge on any atom is 0.109 e. The van der Waals surface area contributed by atoms with Crippen molar-refractivity contribution in [1.82, 2.24) is 10.2 Å². The van der Waals surface area contributed by atoms with Gasteiger partial charge in [0.25, 0.3) is 0 Å². The van der Waals surface area contributed by atoms with Crippen molar-refractivity contribution in [3.05, 3.63) is 47.5 Å². The van der Waals surface area contributed by atoms with E-state index in [0.717, 1.165) is 31.7 Å². The fourth-order valence-corrected chi connectivity index (χ4v) is 3.13. The zero-order valence-electron chi connectivity index (χ0n) is 12.3. The van der Waals surface area contributed by atoms with Crippen LogP contribution in [0.3, 0.4) is 0 Å². The maximum absolute atomic E-state index is 13.7. The number of aryl methyl sites for hydroxylation is 1. The first-order chi connectivity index (χ1) is 9.81. The van der Waals surface area contributed by atoms with E-state index in [2.05, 4.69) is 41.4 Å². The molecule has 0 radical (unpaired) electrons. The molecule has 21 heavy (non-hydrogen) atoms. The molecule has 0 spiro atoms. The molecule has 2 nitrogen and oxygen atoms in total. The van der Waals surface area contributed by atoms with Gasteiger partial charge >= 0.3 is 0 Å². The lowest BCUT2D eigenvalue weighted by atomic mass is 9.95. The Bertz CT molecular complexity index is 596. The van der Waals surface area contributed by atoms with Crippen molar-refractivity contribution in [2.24, 2.45) is 0 Å². The smallest absolute Gasteiger partial charge is 0.109 e. The van der Waals surface area contributed by atoms with E-state index in [4.69, 9.17) is 0 Å². The zero-order chi connectivity index (χ0) is 13.9. The van der Waals surface area contributed by atoms with E-state index >= 15 is 0 Å². The van der Waals surface area contributed by atoms with Crippen molar-refractivity contribution in [2.75, 3.05) is 32.9 Å². The minimum absolute atomic E-state index is 0. The second-order valence-electron chi connectivity index (χ2n) is 5.47. The number of halogens is 2. The molecule has 2 aromatic carbocycles. The Morgan fingerprint density at radius 2 is 1.76 bits per heavy atom. The van der Waals surface area contributed by atoms with Crippen molar-refractivity contribution in [3.63, 3.8) is 0 Å². The largest absolute Gasteiger partial charge is 0.314 e. The lowest BCUT2D eigenvalue weighted by Gasteiger charge is -2.34. The number of hydrogen-bond donors (Lipinski definition) is 1. The molecule has 1 atom stereocenters. The summed E-state index contributed by atoms with van der Waals surface area (Å²) in [7, 11) is 0. The quantitative estimate of drug-likeness (QED) is 0.934. The molecular formula is C17H22ClFN2. The predicted molar refractivity (Wildman–Crippen MR) is 89.1 cm³/mol. The summed E-state index contributed by atoms with van der Waals surface area (Å²) < 4.78 is 13.7. The highest BCUT2D eigenvalue weighted by molar-refractivity contribution is 5.89. The molecule has 114 valence electrons. The summed E-state index contributed by atoms with van der Waals surface area (Å²) in [5, 5.41) is 5.75. The topological polar surface area (TPSA) is 15.3 Å². The maximum atomic E-state index is 13.7. The standard InChI is InChI=1S/C17H21FN2.ClH/c1-13-6-7-16(15-5-3-2-4-14(13)15)17(12-18)20-10-8-19-9-11-20;/h2-7,17,19H,8-12H2,1H3;1H/t17-;/m0./s1. The Kier molecular flexibility index (Phi) is 5.57. The lowest BCUT2D eigenvalue weighted by molar-refractivity contribution is 0.148. The molecular weight excluding hydrogens is 287 g/mol. The van der Waals surface area contributed by atoms with Gasteiger partial charge in [-0.1, -0.05) is 36.4 Å². The van der Waals surface area contributed by atoms with Gasteiger partial charge in [-0.15, -0.1) is 12.4 Å². The number of alkyl halides is 1. The number of benzene rings is 2. The minimum atomic E-state index is -0.326. The molecule has 1 aliphatic rings. The highest BCUT2D eigenvalue weighted by Crippen LogP contribution is 2.30. The normalized spacial score (nSPS) is 17.4. The third-order valence-corrected chi connectivity index (χ3v) is 4.27. The Hall–Kier alpha value is -1.16. The number of rotatable bonds is 3. The SMILES string of the molecule is Cc1ccc([C@H](CF)N2CCNCC2)c2ccccc12.Cl. The molecule has 0 aliphatic carbocycles. The molecule has 0 unspecified atom stereocenters. The van der Waals surface area contributed by atoms with Crippen molar-refractivity contribution in [2.45, 2.75) is 13.0 Å². The van der Waals surface area contributed by atoms with Crippen LogP contribution in [0, 0.1) is 6.92 Å². The number of nitrogens with one attached hydrogen (secondary N) is 1. The molecule has 1 fully saturated rings. The second kappa shape index (κ2) is 7.21. The first-order valence-electron chi connectivity index (χ1n) is 7.30. The van der Waals surface area contributed by atoms with Crippen LogP contribution >= 0.6 is 12.4 Å². The van der Waals surface area contributed by atoms with Crippen LogP contribution in [-0.2, 0) is 0 Å². The van der Waals surface area contributed by atoms with Crippen LogP contribution < -0.4 is 5.32 Å². The summed E-state index contributed by atoms with van der Waals surface area (Å²) in [6.45, 7) is 5.50. The Morgan fingerprint density at radius 1 is 1.10 bits per heavy atom. The summed E-state index contributed by atoms with van der Waals surface area (Å²) in [4.78, 5) is 2.26. The fourth-order valence-electron chi connectivity index (χ4n) is 3.13. The van der Waals surface area contributed by atoms with Gasteiger partial charge in [0.2, 0.25) is 0 Å². The zero-order valence-corrected chi connectivity index (χ0v) is 13.1. The van der Waals surface area contributed by atoms with Gasteiger partial charge < -0.3 is 5.32 Å². The van der Waals surface area contributed by atoms with Crippen LogP contribution in [0.5, 0.6) is 0 Å². The van der Waals surface area contributed by atoms with Crippen LogP contribution in [0.15, 0.2) is 36.4 Å². The molecule has 0 bridgehead atoms. The van der Waals surface area contributed by atoms with Crippen LogP contribution in [0.25, 0.3) is 10.8 Å². The molecule has 4 heteroatoms. The van der Waals surface area contributed by atoms with E-state index in [1.165, 1.54) is 16.3 Å². The summed E-state index contributed by atoms with van der Waals surface area (Å²) in [5.74, 6) is 0. The minimum Gasteiger partial charge on any atom is -0.314 e. The molecule has 0 aromatic heterocycles. The van der Waals surface area contributed by atoms with E-state index in [1.54, 1.807) is 0 Å². The molecule has 1 heterocycles. The summed E-state index contributed by atoms with van der Waals surface area (Å²) >= 11 is 0. The molecule has 1 N–H and O–H groups in total. The third kappa shape index (κ3) is 3.20. The average Bonchev–Trinajstić information content (AvgIpc) is 2.52. The van der Waals surface area contributed by atoms with Gasteiger partial charge in [0.05, 0.1) is 6.04 Å². The molecule has 0 amide bonds. The van der Waals surface area contributed by atoms with E-state index in [9.17, 15) is 4.39 Å². The van der Waals surface area contributed by atoms with E-state index in [1.807, 2.05) is 12.1 Å². The van der Waals surface area contributed by atoms with Crippen molar-refractivity contribution in [3.8, 4) is 0 Å². The van der Waals surface area contributed by atoms with Crippen LogP contribution in [-0.4, -0.2) is 37.8 Å². The summed E-state index contributed by atoms with van der Waals surface area (Å²) in [6.07, 6.45) is 0. The van der Waals surface area contributed by atoms with Crippen LogP contribution in [0.1, 0.15) is 17.2 Å². The lowest BCUT2D eigenvalue weighted by Crippen LogP contribution is -2.45. The highest BCUT2D eigenvalue weighted by Gasteiger charge is 2.23. The van der Waals surface area contributed by atoms with Gasteiger partial charge in [0, 0.05) is 26.2 Å². The van der Waals surface area contributed by atoms with Gasteiger partial charge in [0.1, 0.15) is 6.67 Å². The van der Waals surface area contributed by atoms with Crippen LogP contribution in [0.2, 0.25) is 0 Å². The number of piperazine rings is 1. The van der Waals surface area contributed by atoms with E-state index in [0.29, 0.717) is 0 Å². The molecule has 2 aromatic rings. The first-order valence-corrected chi connectivity index (χ1v) is 7.30. The molecule has 1 saturated heterocycles. The number of nitrogens with zero attached hydrogens (tertiary/aromatic N) is 1.